The number of pyridine rings is 1. The Balaban J connectivity index is 2.83. The topological polar surface area (TPSA) is 71.8 Å². The van der Waals surface area contributed by atoms with E-state index < -0.39 is 11.7 Å². The van der Waals surface area contributed by atoms with Crippen LogP contribution in [0.4, 0.5) is 4.39 Å². The van der Waals surface area contributed by atoms with Crippen molar-refractivity contribution in [3.63, 3.8) is 0 Å². The lowest BCUT2D eigenvalue weighted by Crippen LogP contribution is -2.09. The van der Waals surface area contributed by atoms with Crippen LogP contribution in [0.5, 0.6) is 0 Å². The Kier molecular flexibility index (Phi) is 1.51. The molecule has 0 spiro atoms. The van der Waals surface area contributed by atoms with E-state index in [9.17, 15) is 9.18 Å². The third kappa shape index (κ3) is 1.05. The molecule has 2 aromatic rings. The van der Waals surface area contributed by atoms with Crippen LogP contribution < -0.4 is 5.73 Å². The van der Waals surface area contributed by atoms with Crippen LogP contribution in [-0.2, 0) is 0 Å². The second-order valence-corrected chi connectivity index (χ2v) is 2.61. The summed E-state index contributed by atoms with van der Waals surface area (Å²) in [7, 11) is 0. The molecule has 0 saturated carbocycles. The molecule has 2 heterocycles. The first-order valence-electron chi connectivity index (χ1n) is 3.60. The van der Waals surface area contributed by atoms with Crippen molar-refractivity contribution in [2.24, 2.45) is 5.73 Å². The molecule has 1 amide bonds. The lowest BCUT2D eigenvalue weighted by atomic mass is 10.2. The number of H-pyrrole nitrogens is 1. The SMILES string of the molecule is NC(=O)c1c[nH]c2c(F)cncc12. The molecule has 3 N–H and O–H groups in total. The van der Waals surface area contributed by atoms with Gasteiger partial charge in [-0.1, -0.05) is 0 Å². The minimum absolute atomic E-state index is 0.252. The predicted molar refractivity (Wildman–Crippen MR) is 44.6 cm³/mol. The predicted octanol–water partition coefficient (Wildman–Crippen LogP) is 0.801. The van der Waals surface area contributed by atoms with Gasteiger partial charge in [-0.3, -0.25) is 9.78 Å². The highest BCUT2D eigenvalue weighted by molar-refractivity contribution is 6.05. The average molecular weight is 179 g/mol. The summed E-state index contributed by atoms with van der Waals surface area (Å²) in [4.78, 5) is 17.1. The number of nitrogens with one attached hydrogen (secondary N) is 1. The Morgan fingerprint density at radius 1 is 1.54 bits per heavy atom. The van der Waals surface area contributed by atoms with Crippen LogP contribution in [0, 0.1) is 5.82 Å². The molecule has 0 bridgehead atoms. The molecular weight excluding hydrogens is 173 g/mol. The molecule has 0 saturated heterocycles. The highest BCUT2D eigenvalue weighted by Gasteiger charge is 2.10. The van der Waals surface area contributed by atoms with Gasteiger partial charge in [0, 0.05) is 17.8 Å². The fourth-order valence-corrected chi connectivity index (χ4v) is 1.21. The Bertz CT molecular complexity index is 477. The number of nitrogens with two attached hydrogens (primary N) is 1. The van der Waals surface area contributed by atoms with Gasteiger partial charge in [0.1, 0.15) is 0 Å². The van der Waals surface area contributed by atoms with Crippen molar-refractivity contribution in [1.29, 1.82) is 0 Å². The number of carbonyl (C=O) groups is 1. The zero-order chi connectivity index (χ0) is 9.42. The first-order valence-corrected chi connectivity index (χ1v) is 3.60. The summed E-state index contributed by atoms with van der Waals surface area (Å²) >= 11 is 0. The van der Waals surface area contributed by atoms with Crippen LogP contribution in [0.2, 0.25) is 0 Å². The van der Waals surface area contributed by atoms with Crippen molar-refractivity contribution in [2.45, 2.75) is 0 Å². The van der Waals surface area contributed by atoms with Gasteiger partial charge in [0.05, 0.1) is 17.3 Å². The standard InChI is InChI=1S/C8H6FN3O/c9-6-3-11-1-4-5(8(10)13)2-12-7(4)6/h1-3,12H,(H2,10,13). The molecule has 0 aliphatic carbocycles. The van der Waals surface area contributed by atoms with Gasteiger partial charge in [0.25, 0.3) is 5.91 Å². The van der Waals surface area contributed by atoms with E-state index in [1.165, 1.54) is 12.4 Å². The second-order valence-electron chi connectivity index (χ2n) is 2.61. The molecule has 0 atom stereocenters. The van der Waals surface area contributed by atoms with Gasteiger partial charge in [-0.25, -0.2) is 4.39 Å². The molecular formula is C8H6FN3O. The average Bonchev–Trinajstić information content (AvgIpc) is 2.48. The van der Waals surface area contributed by atoms with Gasteiger partial charge in [0.15, 0.2) is 5.82 Å². The van der Waals surface area contributed by atoms with Crippen molar-refractivity contribution in [3.8, 4) is 0 Å². The highest BCUT2D eigenvalue weighted by atomic mass is 19.1. The Morgan fingerprint density at radius 3 is 3.00 bits per heavy atom. The number of carbonyl (C=O) groups excluding carboxylic acids is 1. The largest absolute Gasteiger partial charge is 0.366 e. The highest BCUT2D eigenvalue weighted by Crippen LogP contribution is 2.18. The summed E-state index contributed by atoms with van der Waals surface area (Å²) in [6, 6.07) is 0. The number of fused-ring (bicyclic) bond motifs is 1. The number of hydrogen-bond donors (Lipinski definition) is 2. The summed E-state index contributed by atoms with van der Waals surface area (Å²) in [6.07, 6.45) is 3.84. The quantitative estimate of drug-likeness (QED) is 0.679. The zero-order valence-electron chi connectivity index (χ0n) is 6.54. The number of amides is 1. The molecule has 2 aromatic heterocycles. The number of nitrogens with zero attached hydrogens (tertiary/aromatic N) is 1. The van der Waals surface area contributed by atoms with Crippen molar-refractivity contribution in [2.75, 3.05) is 0 Å². The van der Waals surface area contributed by atoms with E-state index in [2.05, 4.69) is 9.97 Å². The first-order chi connectivity index (χ1) is 6.20. The van der Waals surface area contributed by atoms with Gasteiger partial charge in [-0.15, -0.1) is 0 Å². The van der Waals surface area contributed by atoms with Gasteiger partial charge < -0.3 is 10.7 Å². The minimum atomic E-state index is -0.598. The van der Waals surface area contributed by atoms with Crippen LogP contribution in [0.1, 0.15) is 10.4 Å². The van der Waals surface area contributed by atoms with Crippen LogP contribution in [0.25, 0.3) is 10.9 Å². The maximum Gasteiger partial charge on any atom is 0.250 e. The Morgan fingerprint density at radius 2 is 2.31 bits per heavy atom. The van der Waals surface area contributed by atoms with E-state index in [-0.39, 0.29) is 11.1 Å². The molecule has 0 fully saturated rings. The van der Waals surface area contributed by atoms with Crippen molar-refractivity contribution in [3.05, 3.63) is 30.0 Å². The lowest BCUT2D eigenvalue weighted by molar-refractivity contribution is 0.100. The smallest absolute Gasteiger partial charge is 0.250 e. The number of halogens is 1. The van der Waals surface area contributed by atoms with Crippen LogP contribution in [-0.4, -0.2) is 15.9 Å². The minimum Gasteiger partial charge on any atom is -0.366 e. The maximum absolute atomic E-state index is 13.0. The van der Waals surface area contributed by atoms with E-state index in [4.69, 9.17) is 5.73 Å². The van der Waals surface area contributed by atoms with Gasteiger partial charge >= 0.3 is 0 Å². The fourth-order valence-electron chi connectivity index (χ4n) is 1.21. The molecule has 0 unspecified atom stereocenters. The second kappa shape index (κ2) is 2.55. The number of primary amides is 1. The summed E-state index contributed by atoms with van der Waals surface area (Å²) in [5, 5.41) is 0.410. The summed E-state index contributed by atoms with van der Waals surface area (Å²) in [5.41, 5.74) is 5.57. The number of aromatic amines is 1. The molecule has 13 heavy (non-hydrogen) atoms. The lowest BCUT2D eigenvalue weighted by Gasteiger charge is -1.92. The molecule has 66 valence electrons. The van der Waals surface area contributed by atoms with E-state index in [0.29, 0.717) is 5.39 Å². The number of aromatic nitrogens is 2. The van der Waals surface area contributed by atoms with Gasteiger partial charge in [0.2, 0.25) is 0 Å². The van der Waals surface area contributed by atoms with Crippen LogP contribution in [0.3, 0.4) is 0 Å². The molecule has 0 aromatic carbocycles. The molecule has 5 heteroatoms. The monoisotopic (exact) mass is 179 g/mol. The van der Waals surface area contributed by atoms with E-state index in [0.717, 1.165) is 6.20 Å². The normalized spacial score (nSPS) is 10.5. The van der Waals surface area contributed by atoms with E-state index >= 15 is 0 Å². The summed E-state index contributed by atoms with van der Waals surface area (Å²) in [5.74, 6) is -1.09. The number of hydrogen-bond acceptors (Lipinski definition) is 2. The fraction of sp³-hybridized carbons (Fsp3) is 0. The van der Waals surface area contributed by atoms with Crippen LogP contribution in [0.15, 0.2) is 18.6 Å². The van der Waals surface area contributed by atoms with E-state index in [1.807, 2.05) is 0 Å². The first kappa shape index (κ1) is 7.72. The molecule has 0 radical (unpaired) electrons. The van der Waals surface area contributed by atoms with Crippen LogP contribution >= 0.6 is 0 Å². The molecule has 0 aliphatic rings. The molecule has 4 nitrogen and oxygen atoms in total. The molecule has 2 rings (SSSR count). The zero-order valence-corrected chi connectivity index (χ0v) is 6.54. The van der Waals surface area contributed by atoms with Crippen molar-refractivity contribution >= 4 is 16.8 Å². The Labute approximate surface area is 72.6 Å². The molecule has 0 aliphatic heterocycles. The third-order valence-electron chi connectivity index (χ3n) is 1.82. The van der Waals surface area contributed by atoms with E-state index in [1.54, 1.807) is 0 Å². The van der Waals surface area contributed by atoms with Gasteiger partial charge in [-0.05, 0) is 0 Å². The van der Waals surface area contributed by atoms with Crippen molar-refractivity contribution < 1.29 is 9.18 Å². The summed E-state index contributed by atoms with van der Waals surface area (Å²) in [6.45, 7) is 0. The number of rotatable bonds is 1. The maximum atomic E-state index is 13.0. The third-order valence-corrected chi connectivity index (χ3v) is 1.82. The van der Waals surface area contributed by atoms with Gasteiger partial charge in [-0.2, -0.15) is 0 Å². The summed E-state index contributed by atoms with van der Waals surface area (Å²) < 4.78 is 13.0. The van der Waals surface area contributed by atoms with Crippen molar-refractivity contribution in [1.82, 2.24) is 9.97 Å². The Hall–Kier alpha value is -1.91.